The zero-order valence-corrected chi connectivity index (χ0v) is 27.0. The van der Waals surface area contributed by atoms with Crippen molar-refractivity contribution in [1.29, 1.82) is 0 Å². The summed E-state index contributed by atoms with van der Waals surface area (Å²) >= 11 is 9.73. The summed E-state index contributed by atoms with van der Waals surface area (Å²) in [5.74, 6) is -1.85. The summed E-state index contributed by atoms with van der Waals surface area (Å²) in [7, 11) is 0. The molecule has 0 radical (unpaired) electrons. The fourth-order valence-electron chi connectivity index (χ4n) is 5.55. The van der Waals surface area contributed by atoms with Crippen molar-refractivity contribution in [3.05, 3.63) is 68.2 Å². The Morgan fingerprint density at radius 1 is 1.21 bits per heavy atom. The van der Waals surface area contributed by atoms with Crippen molar-refractivity contribution in [2.24, 2.45) is 5.92 Å². The van der Waals surface area contributed by atoms with Gasteiger partial charge in [-0.15, -0.1) is 0 Å². The third kappa shape index (κ3) is 7.59. The average molecular weight is 665 g/mol. The van der Waals surface area contributed by atoms with Gasteiger partial charge in [-0.05, 0) is 83.2 Å². The zero-order chi connectivity index (χ0) is 30.8. The van der Waals surface area contributed by atoms with Crippen molar-refractivity contribution in [3.63, 3.8) is 0 Å². The minimum Gasteiger partial charge on any atom is -0.460 e. The first-order valence-corrected chi connectivity index (χ1v) is 15.4. The number of rotatable bonds is 8. The standard InChI is InChI=1S/C32H37BrClF2N3O3/c1-18-7-6-14-39(17-18)30-19(2)27(22-15-21(33)9-12-25(22)38-30)31(41)37-16-20(8-13-26(40)42-32(3,4)5)28-23(35)10-11-24(36)29(28)34/h9-12,15,18,20H,6-8,13-14,16-17H2,1-5H3,(H,37,41). The second-order valence-corrected chi connectivity index (χ2v) is 13.4. The molecule has 0 aliphatic carbocycles. The van der Waals surface area contributed by atoms with Crippen LogP contribution in [0.25, 0.3) is 10.9 Å². The van der Waals surface area contributed by atoms with Gasteiger partial charge in [0.2, 0.25) is 0 Å². The molecule has 0 spiro atoms. The van der Waals surface area contributed by atoms with E-state index in [0.717, 1.165) is 53.9 Å². The maximum Gasteiger partial charge on any atom is 0.306 e. The first-order valence-electron chi connectivity index (χ1n) is 14.2. The lowest BCUT2D eigenvalue weighted by Crippen LogP contribution is -2.36. The number of piperidine rings is 1. The fourth-order valence-corrected chi connectivity index (χ4v) is 6.22. The largest absolute Gasteiger partial charge is 0.460 e. The molecule has 1 aromatic heterocycles. The number of pyridine rings is 1. The summed E-state index contributed by atoms with van der Waals surface area (Å²) in [6.07, 6.45) is 2.22. The number of hydrogen-bond donors (Lipinski definition) is 1. The molecule has 1 N–H and O–H groups in total. The molecule has 10 heteroatoms. The van der Waals surface area contributed by atoms with Crippen LogP contribution < -0.4 is 10.2 Å². The number of amides is 1. The minimum absolute atomic E-state index is 0.0639. The van der Waals surface area contributed by atoms with Gasteiger partial charge in [-0.2, -0.15) is 0 Å². The predicted molar refractivity (Wildman–Crippen MR) is 166 cm³/mol. The Morgan fingerprint density at radius 3 is 2.62 bits per heavy atom. The van der Waals surface area contributed by atoms with Gasteiger partial charge >= 0.3 is 5.97 Å². The normalized spacial score (nSPS) is 16.4. The molecule has 42 heavy (non-hydrogen) atoms. The van der Waals surface area contributed by atoms with Crippen LogP contribution in [-0.2, 0) is 9.53 Å². The number of nitrogens with one attached hydrogen (secondary N) is 1. The van der Waals surface area contributed by atoms with Gasteiger partial charge in [-0.1, -0.05) is 34.5 Å². The van der Waals surface area contributed by atoms with Gasteiger partial charge in [0.1, 0.15) is 23.1 Å². The van der Waals surface area contributed by atoms with Crippen LogP contribution in [0.2, 0.25) is 5.02 Å². The quantitative estimate of drug-likeness (QED) is 0.195. The lowest BCUT2D eigenvalue weighted by Gasteiger charge is -2.33. The number of ether oxygens (including phenoxy) is 1. The molecule has 226 valence electrons. The van der Waals surface area contributed by atoms with Crippen molar-refractivity contribution in [2.75, 3.05) is 24.5 Å². The Balaban J connectivity index is 1.67. The molecule has 1 aliphatic heterocycles. The van der Waals surface area contributed by atoms with E-state index in [0.29, 0.717) is 22.4 Å². The minimum atomic E-state index is -0.785. The molecule has 1 saturated heterocycles. The first kappa shape index (κ1) is 32.1. The third-order valence-corrected chi connectivity index (χ3v) is 8.34. The Hall–Kier alpha value is -2.78. The molecular weight excluding hydrogens is 628 g/mol. The zero-order valence-electron chi connectivity index (χ0n) is 24.6. The Bertz CT molecular complexity index is 1490. The predicted octanol–water partition coefficient (Wildman–Crippen LogP) is 8.11. The second-order valence-electron chi connectivity index (χ2n) is 12.1. The number of benzene rings is 2. The van der Waals surface area contributed by atoms with Crippen molar-refractivity contribution in [3.8, 4) is 0 Å². The molecule has 1 amide bonds. The smallest absolute Gasteiger partial charge is 0.306 e. The lowest BCUT2D eigenvalue weighted by molar-refractivity contribution is -0.155. The van der Waals surface area contributed by atoms with Gasteiger partial charge < -0.3 is 15.0 Å². The molecule has 3 aromatic rings. The molecule has 2 atom stereocenters. The summed E-state index contributed by atoms with van der Waals surface area (Å²) in [6, 6.07) is 7.57. The first-order chi connectivity index (χ1) is 19.7. The number of anilines is 1. The highest BCUT2D eigenvalue weighted by Crippen LogP contribution is 2.35. The van der Waals surface area contributed by atoms with E-state index in [1.54, 1.807) is 20.8 Å². The van der Waals surface area contributed by atoms with Gasteiger partial charge in [0, 0.05) is 53.0 Å². The SMILES string of the molecule is Cc1c(N2CCCC(C)C2)nc2ccc(Br)cc2c1C(=O)NCC(CCC(=O)OC(C)(C)C)c1c(F)ccc(F)c1Cl. The Labute approximate surface area is 259 Å². The Morgan fingerprint density at radius 2 is 1.93 bits per heavy atom. The topological polar surface area (TPSA) is 71.5 Å². The monoisotopic (exact) mass is 663 g/mol. The summed E-state index contributed by atoms with van der Waals surface area (Å²) < 4.78 is 35.7. The molecule has 0 saturated carbocycles. The molecule has 2 aromatic carbocycles. The highest BCUT2D eigenvalue weighted by Gasteiger charge is 2.28. The number of carbonyl (C=O) groups is 2. The van der Waals surface area contributed by atoms with Crippen molar-refractivity contribution in [1.82, 2.24) is 10.3 Å². The number of fused-ring (bicyclic) bond motifs is 1. The second kappa shape index (κ2) is 13.2. The van der Waals surface area contributed by atoms with Crippen LogP contribution >= 0.6 is 27.5 Å². The van der Waals surface area contributed by atoms with E-state index in [-0.39, 0.29) is 35.9 Å². The highest BCUT2D eigenvalue weighted by atomic mass is 79.9. The molecule has 1 aliphatic rings. The van der Waals surface area contributed by atoms with E-state index < -0.39 is 29.1 Å². The molecule has 2 heterocycles. The summed E-state index contributed by atoms with van der Waals surface area (Å²) in [6.45, 7) is 11.0. The highest BCUT2D eigenvalue weighted by molar-refractivity contribution is 9.10. The van der Waals surface area contributed by atoms with E-state index in [1.807, 2.05) is 25.1 Å². The maximum absolute atomic E-state index is 15.0. The van der Waals surface area contributed by atoms with Crippen molar-refractivity contribution in [2.45, 2.75) is 71.8 Å². The number of nitrogens with zero attached hydrogens (tertiary/aromatic N) is 2. The van der Waals surface area contributed by atoms with Gasteiger partial charge in [0.05, 0.1) is 16.1 Å². The maximum atomic E-state index is 15.0. The molecule has 2 unspecified atom stereocenters. The summed E-state index contributed by atoms with van der Waals surface area (Å²) in [5.41, 5.74) is 1.12. The van der Waals surface area contributed by atoms with Crippen LogP contribution in [0.15, 0.2) is 34.8 Å². The molecule has 0 bridgehead atoms. The fraction of sp³-hybridized carbons (Fsp3) is 0.469. The number of halogens is 4. The molecule has 6 nitrogen and oxygen atoms in total. The van der Waals surface area contributed by atoms with E-state index in [9.17, 15) is 14.0 Å². The number of hydrogen-bond acceptors (Lipinski definition) is 5. The van der Waals surface area contributed by atoms with Crippen LogP contribution in [0.5, 0.6) is 0 Å². The molecular formula is C32H37BrClF2N3O3. The van der Waals surface area contributed by atoms with E-state index in [2.05, 4.69) is 33.1 Å². The lowest BCUT2D eigenvalue weighted by atomic mass is 9.92. The van der Waals surface area contributed by atoms with Crippen LogP contribution in [0.3, 0.4) is 0 Å². The van der Waals surface area contributed by atoms with E-state index >= 15 is 4.39 Å². The van der Waals surface area contributed by atoms with Crippen LogP contribution in [-0.4, -0.2) is 42.1 Å². The average Bonchev–Trinajstić information content (AvgIpc) is 2.90. The van der Waals surface area contributed by atoms with Gasteiger partial charge in [0.25, 0.3) is 5.91 Å². The molecule has 1 fully saturated rings. The Kier molecular flexibility index (Phi) is 10.1. The van der Waals surface area contributed by atoms with E-state index in [4.69, 9.17) is 21.3 Å². The summed E-state index contributed by atoms with van der Waals surface area (Å²) in [5, 5.41) is 3.24. The third-order valence-electron chi connectivity index (χ3n) is 7.46. The van der Waals surface area contributed by atoms with E-state index in [1.165, 1.54) is 0 Å². The number of carbonyl (C=O) groups excluding carboxylic acids is 2. The number of aromatic nitrogens is 1. The van der Waals surface area contributed by atoms with Crippen molar-refractivity contribution >= 4 is 56.1 Å². The summed E-state index contributed by atoms with van der Waals surface area (Å²) in [4.78, 5) is 33.6. The van der Waals surface area contributed by atoms with Crippen LogP contribution in [0, 0.1) is 24.5 Å². The molecule has 4 rings (SSSR count). The van der Waals surface area contributed by atoms with Crippen molar-refractivity contribution < 1.29 is 23.1 Å². The van der Waals surface area contributed by atoms with Gasteiger partial charge in [0.15, 0.2) is 0 Å². The van der Waals surface area contributed by atoms with Gasteiger partial charge in [-0.3, -0.25) is 9.59 Å². The van der Waals surface area contributed by atoms with Crippen LogP contribution in [0.1, 0.15) is 80.8 Å². The van der Waals surface area contributed by atoms with Gasteiger partial charge in [-0.25, -0.2) is 13.8 Å². The van der Waals surface area contributed by atoms with Crippen LogP contribution in [0.4, 0.5) is 14.6 Å². The number of esters is 1.